The van der Waals surface area contributed by atoms with Crippen LogP contribution in [0.15, 0.2) is 53.5 Å². The molecule has 3 aromatic rings. The number of nitrogens with zero attached hydrogens (tertiary/aromatic N) is 4. The average molecular weight is 465 g/mol. The minimum Gasteiger partial charge on any atom is -0.501 e. The predicted octanol–water partition coefficient (Wildman–Crippen LogP) is 2.65. The number of aromatic hydroxyl groups is 1. The molecular weight excluding hydrogens is 441 g/mol. The van der Waals surface area contributed by atoms with Crippen molar-refractivity contribution in [2.75, 3.05) is 13.6 Å². The SMILES string of the molecule is CN(Cc1ccc(F)cc1)C(=O)c1nc(C2CCCCN2C(=O)c2ccccn2)[nH]c(=O)c1O. The molecule has 0 spiro atoms. The molecule has 1 atom stereocenters. The number of aromatic nitrogens is 3. The Morgan fingerprint density at radius 1 is 1.21 bits per heavy atom. The second kappa shape index (κ2) is 9.82. The van der Waals surface area contributed by atoms with Gasteiger partial charge in [0.2, 0.25) is 5.75 Å². The molecule has 9 nitrogen and oxygen atoms in total. The fourth-order valence-electron chi connectivity index (χ4n) is 4.00. The molecule has 176 valence electrons. The molecule has 34 heavy (non-hydrogen) atoms. The summed E-state index contributed by atoms with van der Waals surface area (Å²) in [6.07, 6.45) is 3.64. The van der Waals surface area contributed by atoms with Gasteiger partial charge in [-0.25, -0.2) is 9.37 Å². The number of carbonyl (C=O) groups is 2. The average Bonchev–Trinajstić information content (AvgIpc) is 2.86. The third kappa shape index (κ3) is 4.80. The molecule has 1 fully saturated rings. The first-order chi connectivity index (χ1) is 16.3. The largest absolute Gasteiger partial charge is 0.501 e. The van der Waals surface area contributed by atoms with Crippen molar-refractivity contribution in [3.63, 3.8) is 0 Å². The Morgan fingerprint density at radius 2 is 1.97 bits per heavy atom. The molecule has 1 aromatic carbocycles. The van der Waals surface area contributed by atoms with Crippen LogP contribution in [0.5, 0.6) is 5.75 Å². The summed E-state index contributed by atoms with van der Waals surface area (Å²) in [6.45, 7) is 0.564. The summed E-state index contributed by atoms with van der Waals surface area (Å²) < 4.78 is 13.2. The van der Waals surface area contributed by atoms with Gasteiger partial charge in [-0.1, -0.05) is 18.2 Å². The van der Waals surface area contributed by atoms with E-state index in [2.05, 4.69) is 15.0 Å². The second-order valence-electron chi connectivity index (χ2n) is 8.16. The number of halogens is 1. The summed E-state index contributed by atoms with van der Waals surface area (Å²) in [5, 5.41) is 10.3. The van der Waals surface area contributed by atoms with E-state index in [-0.39, 0.29) is 24.0 Å². The van der Waals surface area contributed by atoms with Gasteiger partial charge in [0.25, 0.3) is 17.4 Å². The zero-order valence-electron chi connectivity index (χ0n) is 18.6. The Hall–Kier alpha value is -4.08. The van der Waals surface area contributed by atoms with Crippen molar-refractivity contribution in [2.45, 2.75) is 31.8 Å². The third-order valence-corrected chi connectivity index (χ3v) is 5.76. The number of piperidine rings is 1. The first kappa shape index (κ1) is 23.1. The van der Waals surface area contributed by atoms with E-state index in [9.17, 15) is 23.9 Å². The molecule has 2 aromatic heterocycles. The van der Waals surface area contributed by atoms with Crippen molar-refractivity contribution >= 4 is 11.8 Å². The van der Waals surface area contributed by atoms with Crippen LogP contribution >= 0.6 is 0 Å². The molecule has 1 saturated heterocycles. The molecule has 1 aliphatic rings. The standard InChI is InChI=1S/C24H24FN5O4/c1-29(14-15-8-10-16(25)11-9-15)24(34)19-20(31)22(32)28-21(27-19)18-7-3-5-13-30(18)23(33)17-6-2-4-12-26-17/h2,4,6,8-12,18,31H,3,5,7,13-14H2,1H3,(H,27,28,32). The van der Waals surface area contributed by atoms with Gasteiger partial charge >= 0.3 is 0 Å². The van der Waals surface area contributed by atoms with Crippen molar-refractivity contribution < 1.29 is 19.1 Å². The lowest BCUT2D eigenvalue weighted by atomic mass is 10.0. The van der Waals surface area contributed by atoms with E-state index in [0.29, 0.717) is 18.5 Å². The number of aromatic amines is 1. The highest BCUT2D eigenvalue weighted by Crippen LogP contribution is 2.30. The highest BCUT2D eigenvalue weighted by molar-refractivity contribution is 5.94. The molecular formula is C24H24FN5O4. The Kier molecular flexibility index (Phi) is 6.67. The Morgan fingerprint density at radius 3 is 2.68 bits per heavy atom. The highest BCUT2D eigenvalue weighted by Gasteiger charge is 2.33. The molecule has 0 aliphatic carbocycles. The topological polar surface area (TPSA) is 119 Å². The number of hydrogen-bond acceptors (Lipinski definition) is 6. The van der Waals surface area contributed by atoms with E-state index in [1.54, 1.807) is 35.2 Å². The van der Waals surface area contributed by atoms with E-state index in [0.717, 1.165) is 12.8 Å². The minimum absolute atomic E-state index is 0.121. The van der Waals surface area contributed by atoms with Gasteiger partial charge in [0.05, 0.1) is 6.04 Å². The number of likely N-dealkylation sites (tertiary alicyclic amines) is 1. The van der Waals surface area contributed by atoms with Crippen molar-refractivity contribution in [1.29, 1.82) is 0 Å². The van der Waals surface area contributed by atoms with Gasteiger partial charge in [-0.05, 0) is 49.1 Å². The van der Waals surface area contributed by atoms with Gasteiger partial charge in [0.15, 0.2) is 5.69 Å². The first-order valence-corrected chi connectivity index (χ1v) is 10.9. The highest BCUT2D eigenvalue weighted by atomic mass is 19.1. The number of nitrogens with one attached hydrogen (secondary N) is 1. The molecule has 4 rings (SSSR count). The van der Waals surface area contributed by atoms with Crippen molar-refractivity contribution in [2.24, 2.45) is 0 Å². The molecule has 2 amide bonds. The molecule has 10 heteroatoms. The zero-order chi connectivity index (χ0) is 24.2. The normalized spacial score (nSPS) is 15.7. The monoisotopic (exact) mass is 465 g/mol. The fraction of sp³-hybridized carbons (Fsp3) is 0.292. The number of pyridine rings is 1. The summed E-state index contributed by atoms with van der Waals surface area (Å²) >= 11 is 0. The third-order valence-electron chi connectivity index (χ3n) is 5.76. The van der Waals surface area contributed by atoms with Crippen molar-refractivity contribution in [3.05, 3.63) is 87.6 Å². The van der Waals surface area contributed by atoms with Gasteiger partial charge < -0.3 is 19.9 Å². The maximum Gasteiger partial charge on any atom is 0.294 e. The minimum atomic E-state index is -0.862. The number of hydrogen-bond donors (Lipinski definition) is 2. The molecule has 0 saturated carbocycles. The smallest absolute Gasteiger partial charge is 0.294 e. The van der Waals surface area contributed by atoms with E-state index in [1.807, 2.05) is 0 Å². The number of amides is 2. The second-order valence-corrected chi connectivity index (χ2v) is 8.16. The van der Waals surface area contributed by atoms with Crippen molar-refractivity contribution in [3.8, 4) is 5.75 Å². The number of rotatable bonds is 5. The molecule has 1 unspecified atom stereocenters. The number of carbonyl (C=O) groups excluding carboxylic acids is 2. The lowest BCUT2D eigenvalue weighted by Gasteiger charge is -2.35. The van der Waals surface area contributed by atoms with Gasteiger partial charge in [-0.3, -0.25) is 19.4 Å². The Bertz CT molecular complexity index is 1250. The molecule has 0 radical (unpaired) electrons. The quantitative estimate of drug-likeness (QED) is 0.598. The summed E-state index contributed by atoms with van der Waals surface area (Å²) in [4.78, 5) is 52.4. The van der Waals surface area contributed by atoms with Gasteiger partial charge in [-0.2, -0.15) is 0 Å². The van der Waals surface area contributed by atoms with Gasteiger partial charge in [0.1, 0.15) is 17.3 Å². The summed E-state index contributed by atoms with van der Waals surface area (Å²) in [5.74, 6) is -2.04. The zero-order valence-corrected chi connectivity index (χ0v) is 18.6. The van der Waals surface area contributed by atoms with Crippen LogP contribution in [-0.4, -0.2) is 55.3 Å². The van der Waals surface area contributed by atoms with E-state index in [1.165, 1.54) is 30.3 Å². The van der Waals surface area contributed by atoms with Gasteiger partial charge in [0, 0.05) is 26.3 Å². The van der Waals surface area contributed by atoms with E-state index in [4.69, 9.17) is 0 Å². The van der Waals surface area contributed by atoms with Crippen LogP contribution in [-0.2, 0) is 6.54 Å². The number of H-pyrrole nitrogens is 1. The van der Waals surface area contributed by atoms with Gasteiger partial charge in [-0.15, -0.1) is 0 Å². The lowest BCUT2D eigenvalue weighted by Crippen LogP contribution is -2.40. The maximum absolute atomic E-state index is 13.2. The Labute approximate surface area is 194 Å². The van der Waals surface area contributed by atoms with Crippen LogP contribution in [0.25, 0.3) is 0 Å². The summed E-state index contributed by atoms with van der Waals surface area (Å²) in [7, 11) is 1.49. The first-order valence-electron chi connectivity index (χ1n) is 10.9. The lowest BCUT2D eigenvalue weighted by molar-refractivity contribution is 0.0592. The van der Waals surface area contributed by atoms with Crippen LogP contribution in [0.1, 0.15) is 57.7 Å². The van der Waals surface area contributed by atoms with Crippen LogP contribution in [0.3, 0.4) is 0 Å². The van der Waals surface area contributed by atoms with Crippen LogP contribution < -0.4 is 5.56 Å². The Balaban J connectivity index is 1.63. The molecule has 3 heterocycles. The molecule has 2 N–H and O–H groups in total. The molecule has 0 bridgehead atoms. The van der Waals surface area contributed by atoms with E-state index < -0.39 is 34.8 Å². The maximum atomic E-state index is 13.2. The van der Waals surface area contributed by atoms with Crippen LogP contribution in [0, 0.1) is 5.82 Å². The fourth-order valence-corrected chi connectivity index (χ4v) is 4.00. The molecule has 1 aliphatic heterocycles. The number of benzene rings is 1. The van der Waals surface area contributed by atoms with Crippen LogP contribution in [0.2, 0.25) is 0 Å². The van der Waals surface area contributed by atoms with Crippen molar-refractivity contribution in [1.82, 2.24) is 24.8 Å². The summed E-state index contributed by atoms with van der Waals surface area (Å²) in [5.41, 5.74) is -0.328. The van der Waals surface area contributed by atoms with E-state index >= 15 is 0 Å². The van der Waals surface area contributed by atoms with Crippen LogP contribution in [0.4, 0.5) is 4.39 Å². The predicted molar refractivity (Wildman–Crippen MR) is 121 cm³/mol. The summed E-state index contributed by atoms with van der Waals surface area (Å²) in [6, 6.07) is 10.1.